The molecule has 0 atom stereocenters. The van der Waals surface area contributed by atoms with Crippen LogP contribution in [-0.2, 0) is 0 Å². The van der Waals surface area contributed by atoms with Crippen LogP contribution in [0.1, 0.15) is 57.1 Å². The molecule has 2 N–H and O–H groups in total. The largest absolute Gasteiger partial charge is 0.494 e. The number of H-pyrrole nitrogens is 1. The van der Waals surface area contributed by atoms with Gasteiger partial charge in [-0.25, -0.2) is 4.79 Å². The van der Waals surface area contributed by atoms with Crippen molar-refractivity contribution < 1.29 is 5.11 Å². The van der Waals surface area contributed by atoms with E-state index in [0.717, 1.165) is 45.1 Å². The Morgan fingerprint density at radius 2 is 1.96 bits per heavy atom. The maximum Gasteiger partial charge on any atom is 0.331 e. The minimum Gasteiger partial charge on any atom is -0.494 e. The second kappa shape index (κ2) is 8.28. The number of aromatic hydroxyl groups is 1. The minimum absolute atomic E-state index is 0.0524. The summed E-state index contributed by atoms with van der Waals surface area (Å²) in [6, 6.07) is -0.0524. The summed E-state index contributed by atoms with van der Waals surface area (Å²) in [6.45, 7) is 3.18. The second-order valence-electron chi connectivity index (χ2n) is 6.74. The van der Waals surface area contributed by atoms with Crippen molar-refractivity contribution in [2.75, 3.05) is 27.2 Å². The van der Waals surface area contributed by atoms with Gasteiger partial charge in [-0.05, 0) is 46.8 Å². The number of nitrogens with zero attached hydrogens (tertiary/aromatic N) is 3. The molecule has 1 aromatic heterocycles. The van der Waals surface area contributed by atoms with Gasteiger partial charge in [0.05, 0.1) is 0 Å². The molecule has 2 rings (SSSR count). The fourth-order valence-electron chi connectivity index (χ4n) is 3.25. The quantitative estimate of drug-likeness (QED) is 0.608. The van der Waals surface area contributed by atoms with Gasteiger partial charge in [-0.2, -0.15) is 0 Å². The molecular weight excluding hydrogens is 308 g/mol. The molecule has 1 aliphatic rings. The first-order chi connectivity index (χ1) is 11.4. The topological polar surface area (TPSA) is 90.7 Å². The normalized spacial score (nSPS) is 16.8. The Morgan fingerprint density at radius 3 is 2.58 bits per heavy atom. The molecule has 0 aromatic carbocycles. The molecule has 0 unspecified atom stereocenters. The highest BCUT2D eigenvalue weighted by molar-refractivity contribution is 6.00. The maximum atomic E-state index is 12.2. The SMILES string of the molecule is CC(=NCCCN(C)C)c1c(O)n(C2CCCCC2)c(=O)[nH]c1=O. The lowest BCUT2D eigenvalue weighted by molar-refractivity contribution is 0.298. The smallest absolute Gasteiger partial charge is 0.331 e. The van der Waals surface area contributed by atoms with Crippen LogP contribution in [0.25, 0.3) is 0 Å². The first-order valence-corrected chi connectivity index (χ1v) is 8.65. The van der Waals surface area contributed by atoms with E-state index in [9.17, 15) is 14.7 Å². The second-order valence-corrected chi connectivity index (χ2v) is 6.74. The van der Waals surface area contributed by atoms with Gasteiger partial charge in [-0.15, -0.1) is 0 Å². The van der Waals surface area contributed by atoms with Crippen molar-refractivity contribution in [1.82, 2.24) is 14.5 Å². The van der Waals surface area contributed by atoms with Crippen LogP contribution in [0, 0.1) is 0 Å². The Bertz CT molecular complexity index is 697. The van der Waals surface area contributed by atoms with Crippen LogP contribution in [0.2, 0.25) is 0 Å². The lowest BCUT2D eigenvalue weighted by Gasteiger charge is -2.25. The van der Waals surface area contributed by atoms with Crippen LogP contribution in [0.15, 0.2) is 14.6 Å². The molecule has 1 heterocycles. The molecule has 0 bridgehead atoms. The number of aliphatic imine (C=N–C) groups is 1. The van der Waals surface area contributed by atoms with Crippen LogP contribution in [0.3, 0.4) is 0 Å². The number of aromatic nitrogens is 2. The van der Waals surface area contributed by atoms with Crippen LogP contribution in [0.5, 0.6) is 5.88 Å². The van der Waals surface area contributed by atoms with E-state index in [0.29, 0.717) is 12.3 Å². The molecular formula is C17H28N4O3. The molecule has 0 amide bonds. The van der Waals surface area contributed by atoms with Gasteiger partial charge in [0, 0.05) is 18.3 Å². The molecule has 7 heteroatoms. The van der Waals surface area contributed by atoms with E-state index < -0.39 is 11.2 Å². The zero-order valence-electron chi connectivity index (χ0n) is 14.8. The predicted molar refractivity (Wildman–Crippen MR) is 95.4 cm³/mol. The molecule has 24 heavy (non-hydrogen) atoms. The predicted octanol–water partition coefficient (Wildman–Crippen LogP) is 1.51. The summed E-state index contributed by atoms with van der Waals surface area (Å²) in [6.07, 6.45) is 5.76. The fourth-order valence-corrected chi connectivity index (χ4v) is 3.25. The zero-order valence-corrected chi connectivity index (χ0v) is 14.8. The van der Waals surface area contributed by atoms with Gasteiger partial charge in [-0.3, -0.25) is 19.3 Å². The highest BCUT2D eigenvalue weighted by Gasteiger charge is 2.23. The van der Waals surface area contributed by atoms with Crippen molar-refractivity contribution in [3.05, 3.63) is 26.4 Å². The van der Waals surface area contributed by atoms with Gasteiger partial charge in [0.2, 0.25) is 5.88 Å². The molecule has 134 valence electrons. The number of hydrogen-bond acceptors (Lipinski definition) is 5. The summed E-state index contributed by atoms with van der Waals surface area (Å²) in [5.41, 5.74) is -0.519. The third kappa shape index (κ3) is 4.35. The molecule has 0 spiro atoms. The first kappa shape index (κ1) is 18.4. The highest BCUT2D eigenvalue weighted by Crippen LogP contribution is 2.30. The molecule has 0 saturated heterocycles. The lowest BCUT2D eigenvalue weighted by Crippen LogP contribution is -2.36. The van der Waals surface area contributed by atoms with Gasteiger partial charge in [-0.1, -0.05) is 19.3 Å². The van der Waals surface area contributed by atoms with E-state index in [1.807, 2.05) is 14.1 Å². The number of nitrogens with one attached hydrogen (secondary N) is 1. The maximum absolute atomic E-state index is 12.2. The third-order valence-corrected chi connectivity index (χ3v) is 4.53. The van der Waals surface area contributed by atoms with E-state index in [1.165, 1.54) is 4.57 Å². The van der Waals surface area contributed by atoms with Gasteiger partial charge in [0.15, 0.2) is 0 Å². The zero-order chi connectivity index (χ0) is 17.7. The standard InChI is InChI=1S/C17H28N4O3/c1-12(18-10-7-11-20(2)3)14-15(22)19-17(24)21(16(14)23)13-8-5-4-6-9-13/h13,23H,4-11H2,1-3H3,(H,19,22,24). The van der Waals surface area contributed by atoms with Gasteiger partial charge < -0.3 is 10.0 Å². The Morgan fingerprint density at radius 1 is 1.29 bits per heavy atom. The molecule has 0 radical (unpaired) electrons. The van der Waals surface area contributed by atoms with Crippen molar-refractivity contribution in [1.29, 1.82) is 0 Å². The summed E-state index contributed by atoms with van der Waals surface area (Å²) < 4.78 is 1.34. The third-order valence-electron chi connectivity index (χ3n) is 4.53. The number of hydrogen-bond donors (Lipinski definition) is 2. The average molecular weight is 336 g/mol. The van der Waals surface area contributed by atoms with E-state index in [1.54, 1.807) is 6.92 Å². The summed E-state index contributed by atoms with van der Waals surface area (Å²) in [7, 11) is 3.99. The van der Waals surface area contributed by atoms with Gasteiger partial charge in [0.1, 0.15) is 5.56 Å². The summed E-state index contributed by atoms with van der Waals surface area (Å²) >= 11 is 0. The number of rotatable bonds is 6. The van der Waals surface area contributed by atoms with Crippen molar-refractivity contribution in [3.8, 4) is 5.88 Å². The van der Waals surface area contributed by atoms with Crippen molar-refractivity contribution >= 4 is 5.71 Å². The lowest BCUT2D eigenvalue weighted by atomic mass is 9.95. The van der Waals surface area contributed by atoms with Crippen molar-refractivity contribution in [3.63, 3.8) is 0 Å². The van der Waals surface area contributed by atoms with E-state index in [2.05, 4.69) is 14.9 Å². The highest BCUT2D eigenvalue weighted by atomic mass is 16.3. The molecule has 1 saturated carbocycles. The average Bonchev–Trinajstić information content (AvgIpc) is 2.52. The Hall–Kier alpha value is -1.89. The van der Waals surface area contributed by atoms with E-state index >= 15 is 0 Å². The summed E-state index contributed by atoms with van der Waals surface area (Å²) in [4.78, 5) is 33.1. The molecule has 1 fully saturated rings. The van der Waals surface area contributed by atoms with Crippen molar-refractivity contribution in [2.45, 2.75) is 51.5 Å². The Labute approximate surface area is 142 Å². The molecule has 1 aliphatic carbocycles. The Balaban J connectivity index is 2.30. The number of aromatic amines is 1. The Kier molecular flexibility index (Phi) is 6.36. The van der Waals surface area contributed by atoms with Crippen LogP contribution in [-0.4, -0.2) is 52.5 Å². The summed E-state index contributed by atoms with van der Waals surface area (Å²) in [5.74, 6) is -0.246. The monoisotopic (exact) mass is 336 g/mol. The minimum atomic E-state index is -0.571. The first-order valence-electron chi connectivity index (χ1n) is 8.65. The van der Waals surface area contributed by atoms with Gasteiger partial charge >= 0.3 is 5.69 Å². The molecule has 7 nitrogen and oxygen atoms in total. The van der Waals surface area contributed by atoms with Crippen LogP contribution in [0.4, 0.5) is 0 Å². The van der Waals surface area contributed by atoms with Gasteiger partial charge in [0.25, 0.3) is 5.56 Å². The van der Waals surface area contributed by atoms with Crippen molar-refractivity contribution in [2.24, 2.45) is 4.99 Å². The van der Waals surface area contributed by atoms with Crippen LogP contribution >= 0.6 is 0 Å². The van der Waals surface area contributed by atoms with E-state index in [4.69, 9.17) is 0 Å². The summed E-state index contributed by atoms with van der Waals surface area (Å²) in [5, 5.41) is 10.6. The molecule has 1 aromatic rings. The fraction of sp³-hybridized carbons (Fsp3) is 0.706. The molecule has 0 aliphatic heterocycles. The van der Waals surface area contributed by atoms with E-state index in [-0.39, 0.29) is 17.5 Å². The van der Waals surface area contributed by atoms with Crippen LogP contribution < -0.4 is 11.2 Å².